The van der Waals surface area contributed by atoms with Gasteiger partial charge in [-0.1, -0.05) is 35.9 Å². The van der Waals surface area contributed by atoms with Crippen molar-refractivity contribution in [1.29, 1.82) is 0 Å². The Morgan fingerprint density at radius 2 is 1.69 bits per heavy atom. The molecule has 0 saturated carbocycles. The van der Waals surface area contributed by atoms with Crippen molar-refractivity contribution in [3.63, 3.8) is 0 Å². The maximum absolute atomic E-state index is 12.3. The SMILES string of the molecule is Cc1ccc(C(C)NC(=O)C(C)NC(=O)c2cccc([N+](=O)[O-])c2)cc1. The lowest BCUT2D eigenvalue weighted by atomic mass is 10.1. The Balaban J connectivity index is 1.97. The minimum Gasteiger partial charge on any atom is -0.348 e. The predicted octanol–water partition coefficient (Wildman–Crippen LogP) is 2.90. The second kappa shape index (κ2) is 8.24. The highest BCUT2D eigenvalue weighted by Gasteiger charge is 2.20. The number of carbonyl (C=O) groups is 2. The van der Waals surface area contributed by atoms with E-state index in [-0.39, 0.29) is 23.2 Å². The maximum atomic E-state index is 12.3. The Bertz CT molecular complexity index is 818. The molecule has 2 amide bonds. The van der Waals surface area contributed by atoms with Crippen molar-refractivity contribution in [3.05, 3.63) is 75.3 Å². The van der Waals surface area contributed by atoms with Crippen LogP contribution >= 0.6 is 0 Å². The van der Waals surface area contributed by atoms with Crippen molar-refractivity contribution in [2.75, 3.05) is 0 Å². The molecule has 2 aromatic carbocycles. The normalized spacial score (nSPS) is 12.7. The quantitative estimate of drug-likeness (QED) is 0.614. The van der Waals surface area contributed by atoms with Gasteiger partial charge in [-0.05, 0) is 32.4 Å². The molecular weight excluding hydrogens is 334 g/mol. The number of hydrogen-bond donors (Lipinski definition) is 2. The maximum Gasteiger partial charge on any atom is 0.270 e. The highest BCUT2D eigenvalue weighted by atomic mass is 16.6. The molecule has 2 aromatic rings. The van der Waals surface area contributed by atoms with Crippen LogP contribution in [0.2, 0.25) is 0 Å². The molecule has 0 aliphatic rings. The molecule has 2 unspecified atom stereocenters. The molecule has 7 nitrogen and oxygen atoms in total. The lowest BCUT2D eigenvalue weighted by Crippen LogP contribution is -2.45. The van der Waals surface area contributed by atoms with Crippen LogP contribution in [0.5, 0.6) is 0 Å². The molecule has 2 atom stereocenters. The van der Waals surface area contributed by atoms with Crippen LogP contribution in [-0.4, -0.2) is 22.8 Å². The number of benzene rings is 2. The summed E-state index contributed by atoms with van der Waals surface area (Å²) in [7, 11) is 0. The van der Waals surface area contributed by atoms with E-state index >= 15 is 0 Å². The average Bonchev–Trinajstić information content (AvgIpc) is 2.62. The summed E-state index contributed by atoms with van der Waals surface area (Å²) in [5.41, 5.74) is 2.04. The molecule has 0 bridgehead atoms. The molecule has 7 heteroatoms. The smallest absolute Gasteiger partial charge is 0.270 e. The fraction of sp³-hybridized carbons (Fsp3) is 0.263. The lowest BCUT2D eigenvalue weighted by Gasteiger charge is -2.19. The second-order valence-electron chi connectivity index (χ2n) is 6.14. The van der Waals surface area contributed by atoms with Gasteiger partial charge in [-0.25, -0.2) is 0 Å². The molecule has 0 aliphatic carbocycles. The van der Waals surface area contributed by atoms with E-state index < -0.39 is 16.9 Å². The van der Waals surface area contributed by atoms with Gasteiger partial charge in [0.1, 0.15) is 6.04 Å². The van der Waals surface area contributed by atoms with E-state index in [0.29, 0.717) is 0 Å². The van der Waals surface area contributed by atoms with Crippen LogP contribution in [-0.2, 0) is 4.79 Å². The third-order valence-corrected chi connectivity index (χ3v) is 4.00. The summed E-state index contributed by atoms with van der Waals surface area (Å²) in [5.74, 6) is -0.879. The van der Waals surface area contributed by atoms with Crippen LogP contribution in [0.4, 0.5) is 5.69 Å². The Morgan fingerprint density at radius 3 is 2.31 bits per heavy atom. The number of nitrogens with zero attached hydrogens (tertiary/aromatic N) is 1. The van der Waals surface area contributed by atoms with E-state index in [4.69, 9.17) is 0 Å². The van der Waals surface area contributed by atoms with Crippen molar-refractivity contribution in [2.24, 2.45) is 0 Å². The number of hydrogen-bond acceptors (Lipinski definition) is 4. The molecule has 2 N–H and O–H groups in total. The van der Waals surface area contributed by atoms with Crippen LogP contribution in [0.1, 0.15) is 41.4 Å². The highest BCUT2D eigenvalue weighted by Crippen LogP contribution is 2.14. The largest absolute Gasteiger partial charge is 0.348 e. The molecule has 136 valence electrons. The van der Waals surface area contributed by atoms with Crippen molar-refractivity contribution in [3.8, 4) is 0 Å². The van der Waals surface area contributed by atoms with Gasteiger partial charge in [-0.3, -0.25) is 19.7 Å². The number of nitro groups is 1. The number of rotatable bonds is 6. The van der Waals surface area contributed by atoms with Gasteiger partial charge in [0.05, 0.1) is 11.0 Å². The Labute approximate surface area is 151 Å². The molecule has 0 aliphatic heterocycles. The zero-order chi connectivity index (χ0) is 19.3. The first-order chi connectivity index (χ1) is 12.3. The van der Waals surface area contributed by atoms with E-state index in [1.165, 1.54) is 24.3 Å². The molecule has 0 fully saturated rings. The summed E-state index contributed by atoms with van der Waals surface area (Å²) in [6.45, 7) is 5.41. The van der Waals surface area contributed by atoms with Crippen molar-refractivity contribution >= 4 is 17.5 Å². The standard InChI is InChI=1S/C19H21N3O4/c1-12-7-9-15(10-8-12)13(2)20-18(23)14(3)21-19(24)16-5-4-6-17(11-16)22(25)26/h4-11,13-14H,1-3H3,(H,20,23)(H,21,24). The summed E-state index contributed by atoms with van der Waals surface area (Å²) in [4.78, 5) is 34.7. The molecular formula is C19H21N3O4. The molecule has 0 radical (unpaired) electrons. The summed E-state index contributed by atoms with van der Waals surface area (Å²) < 4.78 is 0. The zero-order valence-corrected chi connectivity index (χ0v) is 14.9. The van der Waals surface area contributed by atoms with Crippen LogP contribution in [0.25, 0.3) is 0 Å². The first-order valence-corrected chi connectivity index (χ1v) is 8.20. The average molecular weight is 355 g/mol. The molecule has 0 heterocycles. The zero-order valence-electron chi connectivity index (χ0n) is 14.9. The Kier molecular flexibility index (Phi) is 6.06. The van der Waals surface area contributed by atoms with Gasteiger partial charge in [-0.15, -0.1) is 0 Å². The van der Waals surface area contributed by atoms with E-state index in [1.807, 2.05) is 38.1 Å². The Hall–Kier alpha value is -3.22. The number of nitro benzene ring substituents is 1. The fourth-order valence-electron chi connectivity index (χ4n) is 2.38. The second-order valence-corrected chi connectivity index (χ2v) is 6.14. The molecule has 0 spiro atoms. The van der Waals surface area contributed by atoms with E-state index in [2.05, 4.69) is 10.6 Å². The van der Waals surface area contributed by atoms with Crippen LogP contribution in [0, 0.1) is 17.0 Å². The van der Waals surface area contributed by atoms with E-state index in [9.17, 15) is 19.7 Å². The minimum atomic E-state index is -0.783. The van der Waals surface area contributed by atoms with Crippen LogP contribution in [0.3, 0.4) is 0 Å². The van der Waals surface area contributed by atoms with Crippen molar-refractivity contribution in [1.82, 2.24) is 10.6 Å². The third kappa shape index (κ3) is 4.89. The van der Waals surface area contributed by atoms with Gasteiger partial charge in [0.15, 0.2) is 0 Å². The molecule has 0 saturated heterocycles. The van der Waals surface area contributed by atoms with Gasteiger partial charge in [0, 0.05) is 17.7 Å². The van der Waals surface area contributed by atoms with Gasteiger partial charge in [0.25, 0.3) is 11.6 Å². The van der Waals surface area contributed by atoms with Gasteiger partial charge in [-0.2, -0.15) is 0 Å². The minimum absolute atomic E-state index is 0.130. The van der Waals surface area contributed by atoms with Crippen LogP contribution in [0.15, 0.2) is 48.5 Å². The van der Waals surface area contributed by atoms with E-state index in [1.54, 1.807) is 6.92 Å². The number of non-ortho nitro benzene ring substituents is 1. The van der Waals surface area contributed by atoms with Gasteiger partial charge >= 0.3 is 0 Å². The summed E-state index contributed by atoms with van der Waals surface area (Å²) in [6, 6.07) is 12.2. The lowest BCUT2D eigenvalue weighted by molar-refractivity contribution is -0.384. The summed E-state index contributed by atoms with van der Waals surface area (Å²) in [5, 5.41) is 16.2. The molecule has 0 aromatic heterocycles. The molecule has 2 rings (SSSR count). The topological polar surface area (TPSA) is 101 Å². The first kappa shape index (κ1) is 19.1. The number of aryl methyl sites for hydroxylation is 1. The summed E-state index contributed by atoms with van der Waals surface area (Å²) >= 11 is 0. The summed E-state index contributed by atoms with van der Waals surface area (Å²) in [6.07, 6.45) is 0. The number of amides is 2. The molecule has 26 heavy (non-hydrogen) atoms. The third-order valence-electron chi connectivity index (χ3n) is 4.00. The van der Waals surface area contributed by atoms with Crippen molar-refractivity contribution < 1.29 is 14.5 Å². The van der Waals surface area contributed by atoms with Crippen LogP contribution < -0.4 is 10.6 Å². The van der Waals surface area contributed by atoms with E-state index in [0.717, 1.165) is 11.1 Å². The monoisotopic (exact) mass is 355 g/mol. The Morgan fingerprint density at radius 1 is 1.04 bits per heavy atom. The van der Waals surface area contributed by atoms with Gasteiger partial charge < -0.3 is 10.6 Å². The first-order valence-electron chi connectivity index (χ1n) is 8.20. The number of nitrogens with one attached hydrogen (secondary N) is 2. The predicted molar refractivity (Wildman–Crippen MR) is 97.8 cm³/mol. The van der Waals surface area contributed by atoms with Gasteiger partial charge in [0.2, 0.25) is 5.91 Å². The highest BCUT2D eigenvalue weighted by molar-refractivity contribution is 5.97. The number of carbonyl (C=O) groups excluding carboxylic acids is 2. The fourth-order valence-corrected chi connectivity index (χ4v) is 2.38. The van der Waals surface area contributed by atoms with Crippen molar-refractivity contribution in [2.45, 2.75) is 32.9 Å².